The van der Waals surface area contributed by atoms with Crippen molar-refractivity contribution in [3.05, 3.63) is 23.8 Å². The highest BCUT2D eigenvalue weighted by atomic mass is 16.5. The van der Waals surface area contributed by atoms with Crippen LogP contribution in [0.25, 0.3) is 0 Å². The van der Waals surface area contributed by atoms with Gasteiger partial charge in [0.1, 0.15) is 12.0 Å². The molecule has 0 aliphatic carbocycles. The van der Waals surface area contributed by atoms with Gasteiger partial charge in [-0.05, 0) is 24.6 Å². The Balaban J connectivity index is 2.11. The summed E-state index contributed by atoms with van der Waals surface area (Å²) in [6.45, 7) is 2.60. The Kier molecular flexibility index (Phi) is 3.39. The van der Waals surface area contributed by atoms with E-state index in [-0.39, 0.29) is 5.91 Å². The number of benzene rings is 1. The number of fused-ring (bicyclic) bond motifs is 1. The van der Waals surface area contributed by atoms with E-state index in [4.69, 9.17) is 4.74 Å². The standard InChI is InChI=1S/C12H14N2O3/c1-8-12(16)14-10-6-9(7-13-4-5-15)2-3-11(10)17-8/h2-3,5-6,8,13H,4,7H2,1H3,(H,14,16). The van der Waals surface area contributed by atoms with E-state index in [1.54, 1.807) is 6.92 Å². The zero-order valence-electron chi connectivity index (χ0n) is 9.53. The molecular weight excluding hydrogens is 220 g/mol. The average Bonchev–Trinajstić information content (AvgIpc) is 2.31. The molecule has 0 aromatic heterocycles. The predicted molar refractivity (Wildman–Crippen MR) is 62.9 cm³/mol. The van der Waals surface area contributed by atoms with Gasteiger partial charge < -0.3 is 20.2 Å². The Bertz CT molecular complexity index is 445. The molecule has 1 amide bonds. The van der Waals surface area contributed by atoms with Gasteiger partial charge in [-0.1, -0.05) is 6.07 Å². The maximum absolute atomic E-state index is 11.4. The van der Waals surface area contributed by atoms with Gasteiger partial charge in [0, 0.05) is 6.54 Å². The Morgan fingerprint density at radius 2 is 2.35 bits per heavy atom. The van der Waals surface area contributed by atoms with Crippen molar-refractivity contribution < 1.29 is 14.3 Å². The van der Waals surface area contributed by atoms with Gasteiger partial charge in [-0.15, -0.1) is 0 Å². The predicted octanol–water partition coefficient (Wildman–Crippen LogP) is 0.694. The fraction of sp³-hybridized carbons (Fsp3) is 0.333. The zero-order valence-corrected chi connectivity index (χ0v) is 9.53. The molecule has 0 saturated carbocycles. The van der Waals surface area contributed by atoms with Crippen LogP contribution in [0.15, 0.2) is 18.2 Å². The van der Waals surface area contributed by atoms with Gasteiger partial charge in [0.05, 0.1) is 12.2 Å². The summed E-state index contributed by atoms with van der Waals surface area (Å²) < 4.78 is 5.44. The topological polar surface area (TPSA) is 67.4 Å². The third-order valence-electron chi connectivity index (χ3n) is 2.53. The van der Waals surface area contributed by atoms with Crippen LogP contribution in [0, 0.1) is 0 Å². The molecule has 1 atom stereocenters. The van der Waals surface area contributed by atoms with Crippen LogP contribution in [0.2, 0.25) is 0 Å². The van der Waals surface area contributed by atoms with Gasteiger partial charge in [-0.25, -0.2) is 0 Å². The van der Waals surface area contributed by atoms with E-state index < -0.39 is 6.10 Å². The highest BCUT2D eigenvalue weighted by Crippen LogP contribution is 2.30. The number of carbonyl (C=O) groups excluding carboxylic acids is 2. The maximum atomic E-state index is 11.4. The van der Waals surface area contributed by atoms with Crippen LogP contribution in [0.5, 0.6) is 5.75 Å². The second-order valence-corrected chi connectivity index (χ2v) is 3.88. The highest BCUT2D eigenvalue weighted by Gasteiger charge is 2.23. The minimum absolute atomic E-state index is 0.143. The second kappa shape index (κ2) is 4.97. The fourth-order valence-corrected chi connectivity index (χ4v) is 1.64. The molecule has 1 aromatic rings. The number of aldehydes is 1. The van der Waals surface area contributed by atoms with Crippen molar-refractivity contribution >= 4 is 17.9 Å². The first-order valence-corrected chi connectivity index (χ1v) is 5.45. The molecule has 5 heteroatoms. The molecule has 1 aliphatic rings. The van der Waals surface area contributed by atoms with Crippen LogP contribution in [0.3, 0.4) is 0 Å². The average molecular weight is 234 g/mol. The lowest BCUT2D eigenvalue weighted by molar-refractivity contribution is -0.122. The van der Waals surface area contributed by atoms with Crippen LogP contribution >= 0.6 is 0 Å². The molecular formula is C12H14N2O3. The van der Waals surface area contributed by atoms with Crippen LogP contribution < -0.4 is 15.4 Å². The van der Waals surface area contributed by atoms with Crippen molar-refractivity contribution in [3.8, 4) is 5.75 Å². The molecule has 90 valence electrons. The SMILES string of the molecule is CC1Oc2ccc(CNCC=O)cc2NC1=O. The van der Waals surface area contributed by atoms with Crippen molar-refractivity contribution in [2.75, 3.05) is 11.9 Å². The third kappa shape index (κ3) is 2.62. The van der Waals surface area contributed by atoms with Gasteiger partial charge in [0.2, 0.25) is 0 Å². The van der Waals surface area contributed by atoms with E-state index in [1.165, 1.54) is 0 Å². The minimum Gasteiger partial charge on any atom is -0.479 e. The van der Waals surface area contributed by atoms with Crippen LogP contribution in [-0.2, 0) is 16.1 Å². The molecule has 1 unspecified atom stereocenters. The quantitative estimate of drug-likeness (QED) is 0.594. The van der Waals surface area contributed by atoms with E-state index in [9.17, 15) is 9.59 Å². The molecule has 0 radical (unpaired) electrons. The lowest BCUT2D eigenvalue weighted by Gasteiger charge is -2.23. The van der Waals surface area contributed by atoms with Crippen LogP contribution in [0.4, 0.5) is 5.69 Å². The number of hydrogen-bond donors (Lipinski definition) is 2. The molecule has 1 aromatic carbocycles. The van der Waals surface area contributed by atoms with Gasteiger partial charge in [-0.3, -0.25) is 4.79 Å². The summed E-state index contributed by atoms with van der Waals surface area (Å²) in [4.78, 5) is 21.6. The molecule has 0 fully saturated rings. The van der Waals surface area contributed by atoms with Gasteiger partial charge >= 0.3 is 0 Å². The summed E-state index contributed by atoms with van der Waals surface area (Å²) >= 11 is 0. The summed E-state index contributed by atoms with van der Waals surface area (Å²) in [6.07, 6.45) is 0.354. The molecule has 2 N–H and O–H groups in total. The lowest BCUT2D eigenvalue weighted by Crippen LogP contribution is -2.34. The van der Waals surface area contributed by atoms with Crippen molar-refractivity contribution in [2.45, 2.75) is 19.6 Å². The summed E-state index contributed by atoms with van der Waals surface area (Å²) in [7, 11) is 0. The lowest BCUT2D eigenvalue weighted by atomic mass is 10.1. The number of anilines is 1. The second-order valence-electron chi connectivity index (χ2n) is 3.88. The molecule has 1 aliphatic heterocycles. The first kappa shape index (κ1) is 11.6. The number of rotatable bonds is 4. The number of ether oxygens (including phenoxy) is 1. The molecule has 0 saturated heterocycles. The van der Waals surface area contributed by atoms with Crippen molar-refractivity contribution in [3.63, 3.8) is 0 Å². The molecule has 1 heterocycles. The van der Waals surface area contributed by atoms with Gasteiger partial charge in [0.15, 0.2) is 6.10 Å². The summed E-state index contributed by atoms with van der Waals surface area (Å²) in [5, 5.41) is 5.74. The first-order valence-electron chi connectivity index (χ1n) is 5.45. The van der Waals surface area contributed by atoms with Crippen molar-refractivity contribution in [2.24, 2.45) is 0 Å². The highest BCUT2D eigenvalue weighted by molar-refractivity contribution is 5.97. The fourth-order valence-electron chi connectivity index (χ4n) is 1.64. The van der Waals surface area contributed by atoms with E-state index in [1.807, 2.05) is 18.2 Å². The van der Waals surface area contributed by atoms with Crippen molar-refractivity contribution in [1.82, 2.24) is 5.32 Å². The molecule has 5 nitrogen and oxygen atoms in total. The Hall–Kier alpha value is -1.88. The number of hydrogen-bond acceptors (Lipinski definition) is 4. The summed E-state index contributed by atoms with van der Waals surface area (Å²) in [6, 6.07) is 5.57. The molecule has 17 heavy (non-hydrogen) atoms. The van der Waals surface area contributed by atoms with E-state index in [0.717, 1.165) is 11.8 Å². The van der Waals surface area contributed by atoms with E-state index >= 15 is 0 Å². The third-order valence-corrected chi connectivity index (χ3v) is 2.53. The van der Waals surface area contributed by atoms with Gasteiger partial charge in [0.25, 0.3) is 5.91 Å². The number of carbonyl (C=O) groups is 2. The largest absolute Gasteiger partial charge is 0.479 e. The molecule has 0 spiro atoms. The summed E-state index contributed by atoms with van der Waals surface area (Å²) in [5.74, 6) is 0.534. The van der Waals surface area contributed by atoms with Crippen molar-refractivity contribution in [1.29, 1.82) is 0 Å². The maximum Gasteiger partial charge on any atom is 0.265 e. The van der Waals surface area contributed by atoms with Crippen LogP contribution in [-0.4, -0.2) is 24.8 Å². The van der Waals surface area contributed by atoms with E-state index in [2.05, 4.69) is 10.6 Å². The number of nitrogens with one attached hydrogen (secondary N) is 2. The Morgan fingerprint density at radius 3 is 3.12 bits per heavy atom. The molecule has 0 bridgehead atoms. The first-order chi connectivity index (χ1) is 8.20. The van der Waals surface area contributed by atoms with Gasteiger partial charge in [-0.2, -0.15) is 0 Å². The van der Waals surface area contributed by atoms with E-state index in [0.29, 0.717) is 24.5 Å². The zero-order chi connectivity index (χ0) is 12.3. The monoisotopic (exact) mass is 234 g/mol. The normalized spacial score (nSPS) is 17.9. The summed E-state index contributed by atoms with van der Waals surface area (Å²) in [5.41, 5.74) is 1.67. The van der Waals surface area contributed by atoms with Crippen LogP contribution in [0.1, 0.15) is 12.5 Å². The Labute approximate surface area is 99.2 Å². The number of amides is 1. The smallest absolute Gasteiger partial charge is 0.265 e. The minimum atomic E-state index is -0.457. The molecule has 2 rings (SSSR count). The Morgan fingerprint density at radius 1 is 1.53 bits per heavy atom.